The van der Waals surface area contributed by atoms with Crippen molar-refractivity contribution in [2.24, 2.45) is 0 Å². The summed E-state index contributed by atoms with van der Waals surface area (Å²) in [6, 6.07) is 13.3. The Kier molecular flexibility index (Phi) is 4.85. The lowest BCUT2D eigenvalue weighted by Crippen LogP contribution is -2.12. The molecule has 0 radical (unpaired) electrons. The molecule has 6 heteroatoms. The van der Waals surface area contributed by atoms with Crippen molar-refractivity contribution in [2.45, 2.75) is 12.7 Å². The minimum Gasteiger partial charge on any atom is -0.472 e. The second-order valence-electron chi connectivity index (χ2n) is 4.93. The molecule has 3 rings (SSSR count). The van der Waals surface area contributed by atoms with E-state index in [1.54, 1.807) is 24.5 Å². The Morgan fingerprint density at radius 3 is 2.78 bits per heavy atom. The lowest BCUT2D eigenvalue weighted by Gasteiger charge is -2.11. The molecule has 6 nitrogen and oxygen atoms in total. The molecule has 0 aliphatic rings. The molecule has 0 spiro atoms. The predicted octanol–water partition coefficient (Wildman–Crippen LogP) is 2.79. The molecular weight excluding hydrogens is 294 g/mol. The summed E-state index contributed by atoms with van der Waals surface area (Å²) < 4.78 is 10.8. The molecule has 3 aromatic rings. The Hall–Kier alpha value is -2.86. The second-order valence-corrected chi connectivity index (χ2v) is 4.93. The third-order valence-electron chi connectivity index (χ3n) is 3.19. The third-order valence-corrected chi connectivity index (χ3v) is 3.19. The number of hydrogen-bond acceptors (Lipinski definition) is 6. The van der Waals surface area contributed by atoms with Crippen LogP contribution in [0.1, 0.15) is 17.4 Å². The van der Waals surface area contributed by atoms with Crippen LogP contribution in [-0.2, 0) is 6.61 Å². The molecule has 0 bridgehead atoms. The van der Waals surface area contributed by atoms with Crippen LogP contribution in [0.5, 0.6) is 5.88 Å². The molecule has 0 fully saturated rings. The van der Waals surface area contributed by atoms with Crippen LogP contribution in [0.3, 0.4) is 0 Å². The van der Waals surface area contributed by atoms with Crippen molar-refractivity contribution >= 4 is 5.82 Å². The minimum atomic E-state index is -0.749. The number of nitrogens with zero attached hydrogens (tertiary/aromatic N) is 2. The van der Waals surface area contributed by atoms with E-state index in [1.165, 1.54) is 6.26 Å². The first kappa shape index (κ1) is 15.1. The zero-order valence-corrected chi connectivity index (χ0v) is 12.4. The molecule has 0 saturated carbocycles. The Balaban J connectivity index is 1.55. The number of rotatable bonds is 7. The molecule has 0 unspecified atom stereocenters. The van der Waals surface area contributed by atoms with Gasteiger partial charge < -0.3 is 19.6 Å². The van der Waals surface area contributed by atoms with Gasteiger partial charge in [0.25, 0.3) is 0 Å². The molecule has 2 heterocycles. The maximum atomic E-state index is 9.96. The Bertz CT molecular complexity index is 717. The monoisotopic (exact) mass is 311 g/mol. The second kappa shape index (κ2) is 7.42. The first-order chi connectivity index (χ1) is 11.3. The lowest BCUT2D eigenvalue weighted by molar-refractivity contribution is 0.162. The first-order valence-corrected chi connectivity index (χ1v) is 7.25. The van der Waals surface area contributed by atoms with Gasteiger partial charge in [-0.05, 0) is 17.7 Å². The van der Waals surface area contributed by atoms with Crippen molar-refractivity contribution in [1.82, 2.24) is 9.97 Å². The van der Waals surface area contributed by atoms with E-state index in [9.17, 15) is 5.11 Å². The van der Waals surface area contributed by atoms with Gasteiger partial charge in [0.2, 0.25) is 5.88 Å². The van der Waals surface area contributed by atoms with Crippen molar-refractivity contribution in [3.63, 3.8) is 0 Å². The maximum Gasteiger partial charge on any atom is 0.234 e. The van der Waals surface area contributed by atoms with E-state index >= 15 is 0 Å². The molecule has 1 atom stereocenters. The molecule has 0 aliphatic carbocycles. The van der Waals surface area contributed by atoms with Gasteiger partial charge >= 0.3 is 0 Å². The van der Waals surface area contributed by atoms with Gasteiger partial charge in [-0.3, -0.25) is 4.98 Å². The van der Waals surface area contributed by atoms with Crippen molar-refractivity contribution < 1.29 is 14.3 Å². The van der Waals surface area contributed by atoms with Crippen molar-refractivity contribution in [2.75, 3.05) is 11.9 Å². The minimum absolute atomic E-state index is 0.268. The van der Waals surface area contributed by atoms with Crippen LogP contribution < -0.4 is 10.1 Å². The van der Waals surface area contributed by atoms with Gasteiger partial charge in [0.15, 0.2) is 0 Å². The third kappa shape index (κ3) is 4.31. The summed E-state index contributed by atoms with van der Waals surface area (Å²) in [4.78, 5) is 8.39. The number of ether oxygens (including phenoxy) is 1. The largest absolute Gasteiger partial charge is 0.472 e. The molecule has 118 valence electrons. The lowest BCUT2D eigenvalue weighted by atomic mass is 10.2. The Morgan fingerprint density at radius 1 is 1.13 bits per heavy atom. The van der Waals surface area contributed by atoms with Crippen LogP contribution in [0.15, 0.2) is 65.5 Å². The number of aliphatic hydroxyl groups is 1. The van der Waals surface area contributed by atoms with Gasteiger partial charge in [-0.1, -0.05) is 30.3 Å². The van der Waals surface area contributed by atoms with E-state index in [0.717, 1.165) is 5.56 Å². The topological polar surface area (TPSA) is 80.4 Å². The summed E-state index contributed by atoms with van der Waals surface area (Å²) in [5.41, 5.74) is 1.06. The van der Waals surface area contributed by atoms with Gasteiger partial charge in [-0.25, -0.2) is 0 Å². The van der Waals surface area contributed by atoms with E-state index in [-0.39, 0.29) is 6.54 Å². The zero-order valence-electron chi connectivity index (χ0n) is 12.4. The number of anilines is 1. The van der Waals surface area contributed by atoms with Crippen LogP contribution in [-0.4, -0.2) is 21.6 Å². The van der Waals surface area contributed by atoms with Crippen molar-refractivity contribution in [3.05, 3.63) is 72.4 Å². The summed E-state index contributed by atoms with van der Waals surface area (Å²) in [6.07, 6.45) is 3.90. The van der Waals surface area contributed by atoms with Crippen LogP contribution in [0.25, 0.3) is 0 Å². The number of hydrogen-bond donors (Lipinski definition) is 2. The molecule has 0 aliphatic heterocycles. The number of aliphatic hydroxyl groups excluding tert-OH is 1. The Morgan fingerprint density at radius 2 is 2.00 bits per heavy atom. The summed E-state index contributed by atoms with van der Waals surface area (Å²) in [5, 5.41) is 13.0. The normalized spacial score (nSPS) is 11.9. The highest BCUT2D eigenvalue weighted by molar-refractivity contribution is 5.33. The summed E-state index contributed by atoms with van der Waals surface area (Å²) in [7, 11) is 0. The maximum absolute atomic E-state index is 9.96. The van der Waals surface area contributed by atoms with Gasteiger partial charge in [0.1, 0.15) is 24.3 Å². The van der Waals surface area contributed by atoms with Crippen molar-refractivity contribution in [1.29, 1.82) is 0 Å². The van der Waals surface area contributed by atoms with Gasteiger partial charge in [0.05, 0.1) is 18.7 Å². The Labute approximate surface area is 133 Å². The SMILES string of the molecule is O[C@@H](CNc1cncc(OCc2ccccc2)n1)c1ccco1. The fourth-order valence-electron chi connectivity index (χ4n) is 2.02. The van der Waals surface area contributed by atoms with E-state index in [4.69, 9.17) is 9.15 Å². The summed E-state index contributed by atoms with van der Waals surface area (Å²) in [6.45, 7) is 0.693. The standard InChI is InChI=1S/C17H17N3O3/c21-14(15-7-4-8-22-15)9-19-16-10-18-11-17(20-16)23-12-13-5-2-1-3-6-13/h1-8,10-11,14,21H,9,12H2,(H,19,20)/t14-/m0/s1. The smallest absolute Gasteiger partial charge is 0.234 e. The number of furan rings is 1. The average Bonchev–Trinajstić information content (AvgIpc) is 3.14. The van der Waals surface area contributed by atoms with E-state index in [1.807, 2.05) is 30.3 Å². The summed E-state index contributed by atoms with van der Waals surface area (Å²) >= 11 is 0. The highest BCUT2D eigenvalue weighted by Crippen LogP contribution is 2.15. The van der Waals surface area contributed by atoms with Gasteiger partial charge in [0, 0.05) is 6.54 Å². The van der Waals surface area contributed by atoms with Gasteiger partial charge in [-0.2, -0.15) is 4.98 Å². The van der Waals surface area contributed by atoms with Crippen LogP contribution >= 0.6 is 0 Å². The number of nitrogens with one attached hydrogen (secondary N) is 1. The highest BCUT2D eigenvalue weighted by Gasteiger charge is 2.10. The van der Waals surface area contributed by atoms with Crippen LogP contribution in [0, 0.1) is 0 Å². The van der Waals surface area contributed by atoms with E-state index in [0.29, 0.717) is 24.1 Å². The van der Waals surface area contributed by atoms with E-state index in [2.05, 4.69) is 15.3 Å². The quantitative estimate of drug-likeness (QED) is 0.698. The molecule has 2 aromatic heterocycles. The van der Waals surface area contributed by atoms with Crippen molar-refractivity contribution in [3.8, 4) is 5.88 Å². The van der Waals surface area contributed by atoms with E-state index < -0.39 is 6.10 Å². The molecule has 0 saturated heterocycles. The molecule has 2 N–H and O–H groups in total. The first-order valence-electron chi connectivity index (χ1n) is 7.25. The zero-order chi connectivity index (χ0) is 15.9. The molecule has 23 heavy (non-hydrogen) atoms. The molecule has 1 aromatic carbocycles. The summed E-state index contributed by atoms with van der Waals surface area (Å²) in [5.74, 6) is 1.45. The fourth-order valence-corrected chi connectivity index (χ4v) is 2.02. The average molecular weight is 311 g/mol. The molecular formula is C17H17N3O3. The fraction of sp³-hybridized carbons (Fsp3) is 0.176. The predicted molar refractivity (Wildman–Crippen MR) is 85.0 cm³/mol. The highest BCUT2D eigenvalue weighted by atomic mass is 16.5. The molecule has 0 amide bonds. The number of aromatic nitrogens is 2. The van der Waals surface area contributed by atoms with Crippen LogP contribution in [0.2, 0.25) is 0 Å². The van der Waals surface area contributed by atoms with Gasteiger partial charge in [-0.15, -0.1) is 0 Å². The number of benzene rings is 1. The van der Waals surface area contributed by atoms with Crippen LogP contribution in [0.4, 0.5) is 5.82 Å².